The van der Waals surface area contributed by atoms with Gasteiger partial charge in [0.05, 0.1) is 0 Å². The molecule has 202 valence electrons. The molecule has 0 unspecified atom stereocenters. The van der Waals surface area contributed by atoms with Crippen LogP contribution in [0, 0.1) is 69.9 Å². The topological polar surface area (TPSA) is 3.24 Å². The van der Waals surface area contributed by atoms with Crippen molar-refractivity contribution < 1.29 is 43.9 Å². The second-order valence-electron chi connectivity index (χ2n) is 8.71. The lowest BCUT2D eigenvalue weighted by atomic mass is 9.15. The number of benzene rings is 3. The lowest BCUT2D eigenvalue weighted by Crippen LogP contribution is -2.71. The van der Waals surface area contributed by atoms with Crippen LogP contribution in [0.15, 0.2) is 24.3 Å². The molecule has 0 N–H and O–H groups in total. The highest BCUT2D eigenvalue weighted by atomic mass is 19.2. The number of rotatable bonds is 6. The molecule has 3 aromatic carbocycles. The zero-order valence-electron chi connectivity index (χ0n) is 20.2. The van der Waals surface area contributed by atoms with Gasteiger partial charge in [0.2, 0.25) is 0 Å². The van der Waals surface area contributed by atoms with Crippen molar-refractivity contribution in [1.29, 1.82) is 0 Å². The van der Waals surface area contributed by atoms with Crippen molar-refractivity contribution in [3.8, 4) is 11.7 Å². The average molecular weight is 546 g/mol. The van der Waals surface area contributed by atoms with Gasteiger partial charge in [-0.1, -0.05) is 31.5 Å². The Labute approximate surface area is 212 Å². The van der Waals surface area contributed by atoms with Crippen molar-refractivity contribution in [2.24, 2.45) is 0 Å². The first-order valence-corrected chi connectivity index (χ1v) is 11.3. The van der Waals surface area contributed by atoms with E-state index in [1.165, 1.54) is 37.2 Å². The molecule has 0 heterocycles. The van der Waals surface area contributed by atoms with Crippen molar-refractivity contribution in [2.75, 3.05) is 19.0 Å². The molecule has 3 rings (SSSR count). The van der Waals surface area contributed by atoms with Crippen LogP contribution in [0.5, 0.6) is 0 Å². The highest BCUT2D eigenvalue weighted by Gasteiger charge is 2.44. The van der Waals surface area contributed by atoms with Gasteiger partial charge >= 0.3 is 0 Å². The summed E-state index contributed by atoms with van der Waals surface area (Å²) in [6, 6.07) is 4.85. The molecule has 0 bridgehead atoms. The lowest BCUT2D eigenvalue weighted by molar-refractivity contribution is 0.382. The van der Waals surface area contributed by atoms with Gasteiger partial charge in [-0.3, -0.25) is 5.82 Å². The Hall–Kier alpha value is -3.62. The van der Waals surface area contributed by atoms with E-state index in [9.17, 15) is 26.3 Å². The average Bonchev–Trinajstić information content (AvgIpc) is 2.90. The van der Waals surface area contributed by atoms with Gasteiger partial charge in [0.25, 0.3) is 0 Å². The number of unbranched alkanes of at least 4 members (excludes halogenated alkanes) is 2. The van der Waals surface area contributed by atoms with E-state index in [-0.39, 0.29) is 12.1 Å². The molecule has 0 amide bonds. The molecular weight excluding hydrogens is 527 g/mol. The van der Waals surface area contributed by atoms with Gasteiger partial charge in [0.15, 0.2) is 41.0 Å². The van der Waals surface area contributed by atoms with E-state index in [2.05, 4.69) is 11.7 Å². The van der Waals surface area contributed by atoms with E-state index < -0.39 is 80.7 Å². The van der Waals surface area contributed by atoms with E-state index in [1.807, 2.05) is 0 Å². The third-order valence-electron chi connectivity index (χ3n) is 6.21. The van der Waals surface area contributed by atoms with Crippen LogP contribution < -0.4 is 21.3 Å². The zero-order chi connectivity index (χ0) is 28.5. The fourth-order valence-corrected chi connectivity index (χ4v) is 4.43. The number of hydrogen-bond donors (Lipinski definition) is 0. The Morgan fingerprint density at radius 2 is 1.03 bits per heavy atom. The lowest BCUT2D eigenvalue weighted by Gasteiger charge is -2.41. The van der Waals surface area contributed by atoms with Gasteiger partial charge in [0.1, 0.15) is 23.3 Å². The Bertz CT molecular complexity index is 1330. The molecule has 1 nitrogen and oxygen atoms in total. The maximum absolute atomic E-state index is 15.4. The van der Waals surface area contributed by atoms with Gasteiger partial charge < -0.3 is 4.90 Å². The van der Waals surface area contributed by atoms with Crippen molar-refractivity contribution >= 4 is 28.2 Å². The van der Waals surface area contributed by atoms with Crippen LogP contribution in [0.25, 0.3) is 0 Å². The molecule has 0 aliphatic carbocycles. The molecule has 0 atom stereocenters. The summed E-state index contributed by atoms with van der Waals surface area (Å²) < 4.78 is 148. The third-order valence-corrected chi connectivity index (χ3v) is 6.21. The molecule has 0 fully saturated rings. The molecule has 0 aliphatic rings. The van der Waals surface area contributed by atoms with E-state index in [1.54, 1.807) is 6.92 Å². The first-order chi connectivity index (χ1) is 17.8. The monoisotopic (exact) mass is 546 g/mol. The molecule has 12 heteroatoms. The highest BCUT2D eigenvalue weighted by Crippen LogP contribution is 2.26. The normalized spacial score (nSPS) is 11.4. The van der Waals surface area contributed by atoms with Crippen molar-refractivity contribution in [3.05, 3.63) is 82.4 Å². The zero-order valence-corrected chi connectivity index (χ0v) is 20.2. The number of anilines is 1. The summed E-state index contributed by atoms with van der Waals surface area (Å²) in [5, 5.41) is 0. The minimum absolute atomic E-state index is 0.0884. The van der Waals surface area contributed by atoms with Gasteiger partial charge in [-0.25, -0.2) is 43.9 Å². The quantitative estimate of drug-likeness (QED) is 0.101. The molecular formula is C26H19BF10N-. The summed E-state index contributed by atoms with van der Waals surface area (Å²) in [4.78, 5) is 1.26. The second-order valence-corrected chi connectivity index (χ2v) is 8.71. The maximum Gasteiger partial charge on any atom is 0.200 e. The largest absolute Gasteiger partial charge is 0.380 e. The van der Waals surface area contributed by atoms with Crippen LogP contribution in [0.2, 0.25) is 0 Å². The van der Waals surface area contributed by atoms with Gasteiger partial charge in [-0.05, 0) is 12.5 Å². The van der Waals surface area contributed by atoms with E-state index in [0.29, 0.717) is 12.8 Å². The predicted molar refractivity (Wildman–Crippen MR) is 125 cm³/mol. The van der Waals surface area contributed by atoms with E-state index in [4.69, 9.17) is 0 Å². The van der Waals surface area contributed by atoms with E-state index >= 15 is 17.6 Å². The molecule has 0 radical (unpaired) electrons. The van der Waals surface area contributed by atoms with Gasteiger partial charge in [-0.2, -0.15) is 5.46 Å². The van der Waals surface area contributed by atoms with Crippen LogP contribution in [0.3, 0.4) is 0 Å². The molecule has 0 saturated heterocycles. The smallest absolute Gasteiger partial charge is 0.200 e. The second kappa shape index (κ2) is 11.0. The van der Waals surface area contributed by atoms with E-state index in [0.717, 1.165) is 6.07 Å². The molecule has 0 aliphatic heterocycles. The molecule has 0 aromatic heterocycles. The SMILES string of the molecule is CCCCC#C[B-](c1ccccc1N(C)C)(c1c(F)c(F)c(F)c(F)c1F)c1c(F)c(F)c(F)c(F)c1F. The highest BCUT2D eigenvalue weighted by molar-refractivity contribution is 7.17. The molecule has 0 saturated carbocycles. The van der Waals surface area contributed by atoms with Crippen LogP contribution >= 0.6 is 0 Å². The van der Waals surface area contributed by atoms with Crippen LogP contribution in [0.4, 0.5) is 49.6 Å². The number of nitrogens with zero attached hydrogens (tertiary/aromatic N) is 1. The van der Waals surface area contributed by atoms with Gasteiger partial charge in [0, 0.05) is 26.2 Å². The number of halogens is 10. The Balaban J connectivity index is 2.78. The fourth-order valence-electron chi connectivity index (χ4n) is 4.43. The Morgan fingerprint density at radius 1 is 0.632 bits per heavy atom. The summed E-state index contributed by atoms with van der Waals surface area (Å²) in [5.74, 6) is -20.5. The third kappa shape index (κ3) is 4.48. The molecule has 0 spiro atoms. The van der Waals surface area contributed by atoms with Crippen LogP contribution in [-0.4, -0.2) is 20.2 Å². The number of para-hydroxylation sites is 1. The van der Waals surface area contributed by atoms with Gasteiger partial charge in [-0.15, -0.1) is 16.8 Å². The predicted octanol–water partition coefficient (Wildman–Crippen LogP) is 5.35. The summed E-state index contributed by atoms with van der Waals surface area (Å²) in [6.45, 7) is 1.73. The minimum atomic E-state index is -4.40. The first kappa shape index (κ1) is 28.9. The van der Waals surface area contributed by atoms with Crippen molar-refractivity contribution in [2.45, 2.75) is 26.2 Å². The first-order valence-electron chi connectivity index (χ1n) is 11.3. The van der Waals surface area contributed by atoms with Crippen LogP contribution in [0.1, 0.15) is 26.2 Å². The summed E-state index contributed by atoms with van der Waals surface area (Å²) in [6.07, 6.45) is -3.63. The van der Waals surface area contributed by atoms with Crippen LogP contribution in [-0.2, 0) is 0 Å². The number of hydrogen-bond acceptors (Lipinski definition) is 1. The summed E-state index contributed by atoms with van der Waals surface area (Å²) in [7, 11) is 2.75. The van der Waals surface area contributed by atoms with Crippen molar-refractivity contribution in [3.63, 3.8) is 0 Å². The van der Waals surface area contributed by atoms with Crippen molar-refractivity contribution in [1.82, 2.24) is 0 Å². The molecule has 3 aromatic rings. The molecule has 38 heavy (non-hydrogen) atoms. The summed E-state index contributed by atoms with van der Waals surface area (Å²) in [5.41, 5.74) is -4.29. The Kier molecular flexibility index (Phi) is 8.39. The standard InChI is InChI=1S/C26H19BF10N/c1-4-5-6-9-12-27(13-10-7-8-11-14(13)38(2)3,15-17(28)21(32)25(36)22(33)18(15)29)16-19(30)23(34)26(37)24(35)20(16)31/h7-8,10-11H,4-6H2,1-3H3/q-1. The minimum Gasteiger partial charge on any atom is -0.380 e. The fraction of sp³-hybridized carbons (Fsp3) is 0.231. The maximum atomic E-state index is 15.4. The Morgan fingerprint density at radius 3 is 1.42 bits per heavy atom. The summed E-state index contributed by atoms with van der Waals surface area (Å²) >= 11 is 0.